The van der Waals surface area contributed by atoms with Crippen molar-refractivity contribution in [1.29, 1.82) is 0 Å². The molecular formula is C9H23N3. The molecule has 74 valence electrons. The smallest absolute Gasteiger partial charge is 0.0261 e. The van der Waals surface area contributed by atoms with E-state index in [1.54, 1.807) is 0 Å². The monoisotopic (exact) mass is 173 g/mol. The Morgan fingerprint density at radius 1 is 1.08 bits per heavy atom. The van der Waals surface area contributed by atoms with Crippen LogP contribution in [0.5, 0.6) is 0 Å². The van der Waals surface area contributed by atoms with Gasteiger partial charge in [0.2, 0.25) is 0 Å². The predicted molar refractivity (Wildman–Crippen MR) is 54.1 cm³/mol. The van der Waals surface area contributed by atoms with Gasteiger partial charge in [0.1, 0.15) is 0 Å². The van der Waals surface area contributed by atoms with Crippen molar-refractivity contribution in [1.82, 2.24) is 14.9 Å². The zero-order valence-corrected chi connectivity index (χ0v) is 7.88. The third-order valence-electron chi connectivity index (χ3n) is 2.36. The molecule has 0 bridgehead atoms. The summed E-state index contributed by atoms with van der Waals surface area (Å²) in [4.78, 5) is 2.49. The van der Waals surface area contributed by atoms with E-state index in [1.165, 1.54) is 32.7 Å². The molecule has 0 aliphatic carbocycles. The number of nitrogens with zero attached hydrogens (tertiary/aromatic N) is 3. The Hall–Kier alpha value is -0.120. The minimum atomic E-state index is 0. The third kappa shape index (κ3) is 3.09. The van der Waals surface area contributed by atoms with Crippen molar-refractivity contribution in [3.63, 3.8) is 0 Å². The molecular weight excluding hydrogens is 150 g/mol. The molecule has 3 heteroatoms. The first-order valence-electron chi connectivity index (χ1n) is 4.38. The molecule has 1 saturated heterocycles. The molecule has 1 rings (SSSR count). The molecule has 0 radical (unpaired) electrons. The van der Waals surface area contributed by atoms with E-state index in [-0.39, 0.29) is 7.43 Å². The Bertz CT molecular complexity index is 106. The number of hydrogen-bond acceptors (Lipinski definition) is 3. The summed E-state index contributed by atoms with van der Waals surface area (Å²) in [5.74, 6) is 0. The lowest BCUT2D eigenvalue weighted by atomic mass is 10.3. The molecule has 1 aliphatic heterocycles. The van der Waals surface area contributed by atoms with Gasteiger partial charge >= 0.3 is 0 Å². The highest BCUT2D eigenvalue weighted by Crippen LogP contribution is 2.01. The Morgan fingerprint density at radius 3 is 1.92 bits per heavy atom. The van der Waals surface area contributed by atoms with Gasteiger partial charge in [0, 0.05) is 40.3 Å². The van der Waals surface area contributed by atoms with Gasteiger partial charge in [-0.3, -0.25) is 0 Å². The highest BCUT2D eigenvalue weighted by Gasteiger charge is 2.15. The molecule has 1 heterocycles. The molecule has 3 nitrogen and oxygen atoms in total. The Kier molecular flexibility index (Phi) is 5.46. The van der Waals surface area contributed by atoms with E-state index in [0.29, 0.717) is 0 Å². The number of piperazine rings is 1. The van der Waals surface area contributed by atoms with Gasteiger partial charge in [-0.05, 0) is 6.54 Å². The van der Waals surface area contributed by atoms with Crippen molar-refractivity contribution >= 4 is 0 Å². The summed E-state index contributed by atoms with van der Waals surface area (Å²) >= 11 is 0. The van der Waals surface area contributed by atoms with E-state index < -0.39 is 0 Å². The van der Waals surface area contributed by atoms with E-state index in [9.17, 15) is 0 Å². The van der Waals surface area contributed by atoms with Crippen LogP contribution in [-0.4, -0.2) is 61.7 Å². The van der Waals surface area contributed by atoms with Crippen LogP contribution in [0, 0.1) is 0 Å². The largest absolute Gasteiger partial charge is 0.301 e. The standard InChI is InChI=1S/C8H19N3.CH4/c1-4-10-5-7-11(8-6-10)9(2)3;/h4-8H2,1-3H3;1H4. The molecule has 1 aliphatic rings. The molecule has 0 atom stereocenters. The van der Waals surface area contributed by atoms with Crippen LogP contribution in [0.4, 0.5) is 0 Å². The summed E-state index contributed by atoms with van der Waals surface area (Å²) < 4.78 is 0. The molecule has 12 heavy (non-hydrogen) atoms. The van der Waals surface area contributed by atoms with Crippen LogP contribution in [-0.2, 0) is 0 Å². The highest BCUT2D eigenvalue weighted by molar-refractivity contribution is 4.67. The van der Waals surface area contributed by atoms with Gasteiger partial charge in [0.25, 0.3) is 0 Å². The maximum absolute atomic E-state index is 2.49. The molecule has 0 aromatic rings. The van der Waals surface area contributed by atoms with E-state index in [4.69, 9.17) is 0 Å². The van der Waals surface area contributed by atoms with Gasteiger partial charge in [0.15, 0.2) is 0 Å². The maximum atomic E-state index is 2.49. The average molecular weight is 173 g/mol. The van der Waals surface area contributed by atoms with Gasteiger partial charge in [-0.2, -0.15) is 0 Å². The molecule has 0 unspecified atom stereocenters. The molecule has 0 spiro atoms. The normalized spacial score (nSPS) is 21.0. The minimum absolute atomic E-state index is 0. The fourth-order valence-corrected chi connectivity index (χ4v) is 1.45. The van der Waals surface area contributed by atoms with Crippen LogP contribution >= 0.6 is 0 Å². The SMILES string of the molecule is C.CCN1CCN(N(C)C)CC1. The van der Waals surface area contributed by atoms with E-state index in [0.717, 1.165) is 0 Å². The second kappa shape index (κ2) is 5.51. The Morgan fingerprint density at radius 2 is 1.58 bits per heavy atom. The van der Waals surface area contributed by atoms with Gasteiger partial charge in [-0.25, -0.2) is 10.0 Å². The van der Waals surface area contributed by atoms with Gasteiger partial charge in [-0.1, -0.05) is 14.4 Å². The lowest BCUT2D eigenvalue weighted by Crippen LogP contribution is -2.51. The second-order valence-corrected chi connectivity index (χ2v) is 3.24. The first kappa shape index (κ1) is 11.9. The van der Waals surface area contributed by atoms with Crippen LogP contribution in [0.25, 0.3) is 0 Å². The molecule has 0 saturated carbocycles. The van der Waals surface area contributed by atoms with Gasteiger partial charge in [-0.15, -0.1) is 0 Å². The topological polar surface area (TPSA) is 9.72 Å². The fraction of sp³-hybridized carbons (Fsp3) is 1.00. The van der Waals surface area contributed by atoms with Crippen molar-refractivity contribution < 1.29 is 0 Å². The van der Waals surface area contributed by atoms with Crippen molar-refractivity contribution in [2.75, 3.05) is 46.8 Å². The van der Waals surface area contributed by atoms with Gasteiger partial charge < -0.3 is 4.90 Å². The van der Waals surface area contributed by atoms with Crippen LogP contribution in [0.3, 0.4) is 0 Å². The first-order chi connectivity index (χ1) is 5.24. The minimum Gasteiger partial charge on any atom is -0.301 e. The van der Waals surface area contributed by atoms with E-state index >= 15 is 0 Å². The van der Waals surface area contributed by atoms with E-state index in [1.807, 2.05) is 0 Å². The number of hydrazine groups is 1. The van der Waals surface area contributed by atoms with Crippen LogP contribution in [0.2, 0.25) is 0 Å². The average Bonchev–Trinajstić information content (AvgIpc) is 2.05. The van der Waals surface area contributed by atoms with Crippen LogP contribution in [0.15, 0.2) is 0 Å². The third-order valence-corrected chi connectivity index (χ3v) is 2.36. The fourth-order valence-electron chi connectivity index (χ4n) is 1.45. The zero-order valence-electron chi connectivity index (χ0n) is 7.88. The van der Waals surface area contributed by atoms with Crippen molar-refractivity contribution in [3.8, 4) is 0 Å². The second-order valence-electron chi connectivity index (χ2n) is 3.24. The zero-order chi connectivity index (χ0) is 8.27. The number of likely N-dealkylation sites (N-methyl/N-ethyl adjacent to an activating group) is 1. The first-order valence-corrected chi connectivity index (χ1v) is 4.38. The lowest BCUT2D eigenvalue weighted by Gasteiger charge is -2.37. The molecule has 0 aromatic carbocycles. The molecule has 0 N–H and O–H groups in total. The highest BCUT2D eigenvalue weighted by atomic mass is 15.6. The summed E-state index contributed by atoms with van der Waals surface area (Å²) in [6.45, 7) is 8.22. The summed E-state index contributed by atoms with van der Waals surface area (Å²) in [5.41, 5.74) is 0. The summed E-state index contributed by atoms with van der Waals surface area (Å²) in [5, 5.41) is 4.57. The Balaban J connectivity index is 0.00000121. The van der Waals surface area contributed by atoms with Crippen molar-refractivity contribution in [3.05, 3.63) is 0 Å². The Labute approximate surface area is 76.9 Å². The predicted octanol–water partition coefficient (Wildman–Crippen LogP) is 0.737. The van der Waals surface area contributed by atoms with E-state index in [2.05, 4.69) is 35.9 Å². The van der Waals surface area contributed by atoms with Crippen molar-refractivity contribution in [2.24, 2.45) is 0 Å². The maximum Gasteiger partial charge on any atom is 0.0261 e. The van der Waals surface area contributed by atoms with Crippen LogP contribution < -0.4 is 0 Å². The summed E-state index contributed by atoms with van der Waals surface area (Å²) in [7, 11) is 4.23. The summed E-state index contributed by atoms with van der Waals surface area (Å²) in [6.07, 6.45) is 0. The van der Waals surface area contributed by atoms with Crippen LogP contribution in [0.1, 0.15) is 14.4 Å². The molecule has 0 aromatic heterocycles. The summed E-state index contributed by atoms with van der Waals surface area (Å²) in [6, 6.07) is 0. The molecule has 1 fully saturated rings. The number of hydrogen-bond donors (Lipinski definition) is 0. The van der Waals surface area contributed by atoms with Crippen molar-refractivity contribution in [2.45, 2.75) is 14.4 Å². The quantitative estimate of drug-likeness (QED) is 0.610. The number of rotatable bonds is 2. The molecule has 0 amide bonds. The lowest BCUT2D eigenvalue weighted by molar-refractivity contribution is -0.0174. The van der Waals surface area contributed by atoms with Gasteiger partial charge in [0.05, 0.1) is 0 Å².